The summed E-state index contributed by atoms with van der Waals surface area (Å²) in [5.41, 5.74) is -0.553. The Balaban J connectivity index is 1.59. The second-order valence-electron chi connectivity index (χ2n) is 8.51. The number of alkyl halides is 2. The average molecular weight is 454 g/mol. The van der Waals surface area contributed by atoms with Crippen LogP contribution in [-0.4, -0.2) is 62.1 Å². The van der Waals surface area contributed by atoms with Crippen molar-refractivity contribution in [3.8, 4) is 11.8 Å². The first-order chi connectivity index (χ1) is 15.1. The van der Waals surface area contributed by atoms with Gasteiger partial charge in [0, 0.05) is 25.1 Å². The fourth-order valence-corrected chi connectivity index (χ4v) is 3.33. The van der Waals surface area contributed by atoms with E-state index >= 15 is 0 Å². The highest BCUT2D eigenvalue weighted by Crippen LogP contribution is 2.24. The van der Waals surface area contributed by atoms with Gasteiger partial charge in [0.1, 0.15) is 17.5 Å². The smallest absolute Gasteiger partial charge is 0.410 e. The van der Waals surface area contributed by atoms with E-state index < -0.39 is 12.2 Å². The van der Waals surface area contributed by atoms with Crippen molar-refractivity contribution in [2.75, 3.05) is 11.9 Å². The van der Waals surface area contributed by atoms with Crippen molar-refractivity contribution in [3.05, 3.63) is 18.5 Å². The van der Waals surface area contributed by atoms with Gasteiger partial charge in [0.2, 0.25) is 11.8 Å². The summed E-state index contributed by atoms with van der Waals surface area (Å²) >= 11 is 0. The minimum Gasteiger partial charge on any atom is -0.473 e. The van der Waals surface area contributed by atoms with Gasteiger partial charge in [-0.1, -0.05) is 0 Å². The molecule has 3 heterocycles. The molecule has 176 valence electrons. The van der Waals surface area contributed by atoms with Crippen LogP contribution in [0.15, 0.2) is 18.5 Å². The maximum absolute atomic E-state index is 12.5. The second kappa shape index (κ2) is 9.96. The summed E-state index contributed by atoms with van der Waals surface area (Å²) in [5.74, 6) is 0.710. The Morgan fingerprint density at radius 2 is 2.09 bits per heavy atom. The number of likely N-dealkylation sites (tertiary alicyclic amines) is 1. The highest BCUT2D eigenvalue weighted by Gasteiger charge is 2.30. The summed E-state index contributed by atoms with van der Waals surface area (Å²) in [5, 5.41) is 9.02. The summed E-state index contributed by atoms with van der Waals surface area (Å²) in [4.78, 5) is 22.7. The Kier molecular flexibility index (Phi) is 7.31. The van der Waals surface area contributed by atoms with E-state index in [9.17, 15) is 13.6 Å². The van der Waals surface area contributed by atoms with E-state index in [0.29, 0.717) is 30.5 Å². The summed E-state index contributed by atoms with van der Waals surface area (Å²) in [6.07, 6.45) is 4.60. The van der Waals surface area contributed by atoms with Crippen molar-refractivity contribution in [2.24, 2.45) is 0 Å². The van der Waals surface area contributed by atoms with Gasteiger partial charge in [-0.05, 0) is 40.5 Å². The lowest BCUT2D eigenvalue weighted by molar-refractivity contribution is -0.0528. The lowest BCUT2D eigenvalue weighted by Crippen LogP contribution is -2.42. The molecule has 32 heavy (non-hydrogen) atoms. The molecule has 0 aromatic carbocycles. The minimum atomic E-state index is -2.96. The number of carbonyl (C=O) groups is 1. The Morgan fingerprint density at radius 1 is 1.31 bits per heavy atom. The molecule has 1 fully saturated rings. The molecule has 0 saturated carbocycles. The lowest BCUT2D eigenvalue weighted by Gasteiger charge is -2.30. The van der Waals surface area contributed by atoms with Crippen LogP contribution in [0.5, 0.6) is 11.8 Å². The standard InChI is InChI=1S/C20H28F2N6O4/c1-12-8-13(6-5-7-28(12)19(29)32-20(2,3)4)30-17-11-23-10-15(25-17)24-14-9-16(27-26-14)31-18(21)22/h9-13,18H,5-8H2,1-4H3,(H2,24,25,26,27)/t12-,13+/m1/s1. The number of halogens is 2. The Morgan fingerprint density at radius 3 is 2.81 bits per heavy atom. The molecule has 0 unspecified atom stereocenters. The molecule has 2 atom stereocenters. The molecular formula is C20H28F2N6O4. The third-order valence-electron chi connectivity index (χ3n) is 4.62. The van der Waals surface area contributed by atoms with Gasteiger partial charge in [0.25, 0.3) is 0 Å². The molecule has 0 spiro atoms. The largest absolute Gasteiger partial charge is 0.473 e. The van der Waals surface area contributed by atoms with Crippen molar-refractivity contribution in [1.29, 1.82) is 0 Å². The number of amides is 1. The number of hydrogen-bond donors (Lipinski definition) is 2. The number of H-pyrrole nitrogens is 1. The van der Waals surface area contributed by atoms with Crippen molar-refractivity contribution < 1.29 is 27.8 Å². The predicted octanol–water partition coefficient (Wildman–Crippen LogP) is 4.10. The quantitative estimate of drug-likeness (QED) is 0.671. The van der Waals surface area contributed by atoms with Gasteiger partial charge in [-0.2, -0.15) is 13.8 Å². The van der Waals surface area contributed by atoms with E-state index in [4.69, 9.17) is 9.47 Å². The van der Waals surface area contributed by atoms with Crippen LogP contribution in [0.25, 0.3) is 0 Å². The predicted molar refractivity (Wildman–Crippen MR) is 111 cm³/mol. The van der Waals surface area contributed by atoms with Crippen molar-refractivity contribution >= 4 is 17.7 Å². The highest BCUT2D eigenvalue weighted by molar-refractivity contribution is 5.68. The summed E-state index contributed by atoms with van der Waals surface area (Å²) in [6.45, 7) is 5.12. The number of aromatic amines is 1. The van der Waals surface area contributed by atoms with Gasteiger partial charge in [-0.15, -0.1) is 5.10 Å². The Hall–Kier alpha value is -3.18. The average Bonchev–Trinajstić information content (AvgIpc) is 3.00. The molecule has 0 aliphatic carbocycles. The molecule has 1 aliphatic heterocycles. The second-order valence-corrected chi connectivity index (χ2v) is 8.51. The summed E-state index contributed by atoms with van der Waals surface area (Å²) < 4.78 is 40.3. The number of ether oxygens (including phenoxy) is 3. The van der Waals surface area contributed by atoms with Crippen LogP contribution in [0, 0.1) is 0 Å². The zero-order chi connectivity index (χ0) is 23.3. The molecule has 0 bridgehead atoms. The third-order valence-corrected chi connectivity index (χ3v) is 4.62. The lowest BCUT2D eigenvalue weighted by atomic mass is 10.1. The number of nitrogens with one attached hydrogen (secondary N) is 2. The number of rotatable bonds is 6. The van der Waals surface area contributed by atoms with Gasteiger partial charge >= 0.3 is 12.7 Å². The topological polar surface area (TPSA) is 114 Å². The van der Waals surface area contributed by atoms with E-state index in [-0.39, 0.29) is 24.1 Å². The number of hydrogen-bond acceptors (Lipinski definition) is 8. The van der Waals surface area contributed by atoms with E-state index in [1.54, 1.807) is 4.90 Å². The molecule has 12 heteroatoms. The number of nitrogens with zero attached hydrogens (tertiary/aromatic N) is 4. The Bertz CT molecular complexity index is 904. The van der Waals surface area contributed by atoms with Gasteiger partial charge < -0.3 is 24.4 Å². The van der Waals surface area contributed by atoms with Gasteiger partial charge in [-0.3, -0.25) is 10.1 Å². The van der Waals surface area contributed by atoms with Crippen LogP contribution in [0.4, 0.5) is 25.2 Å². The number of carbonyl (C=O) groups excluding carboxylic acids is 1. The van der Waals surface area contributed by atoms with Crippen molar-refractivity contribution in [3.63, 3.8) is 0 Å². The number of anilines is 2. The van der Waals surface area contributed by atoms with Gasteiger partial charge in [0.05, 0.1) is 12.4 Å². The highest BCUT2D eigenvalue weighted by atomic mass is 19.3. The maximum atomic E-state index is 12.5. The normalized spacial score (nSPS) is 19.4. The first-order valence-corrected chi connectivity index (χ1v) is 10.3. The van der Waals surface area contributed by atoms with Crippen molar-refractivity contribution in [1.82, 2.24) is 25.1 Å². The molecule has 10 nitrogen and oxygen atoms in total. The Labute approximate surface area is 184 Å². The first kappa shape index (κ1) is 23.5. The van der Waals surface area contributed by atoms with E-state index in [0.717, 1.165) is 12.8 Å². The molecule has 3 rings (SSSR count). The molecular weight excluding hydrogens is 426 g/mol. The molecule has 2 aromatic rings. The zero-order valence-corrected chi connectivity index (χ0v) is 18.5. The van der Waals surface area contributed by atoms with Gasteiger partial charge in [-0.25, -0.2) is 4.79 Å². The van der Waals surface area contributed by atoms with Crippen LogP contribution in [0.1, 0.15) is 47.0 Å². The van der Waals surface area contributed by atoms with Crippen LogP contribution < -0.4 is 14.8 Å². The zero-order valence-electron chi connectivity index (χ0n) is 18.5. The van der Waals surface area contributed by atoms with E-state index in [2.05, 4.69) is 30.2 Å². The molecule has 2 aromatic heterocycles. The fourth-order valence-electron chi connectivity index (χ4n) is 3.33. The van der Waals surface area contributed by atoms with Crippen LogP contribution in [0.3, 0.4) is 0 Å². The van der Waals surface area contributed by atoms with Crippen LogP contribution in [-0.2, 0) is 4.74 Å². The third kappa shape index (κ3) is 6.92. The molecule has 1 saturated heterocycles. The van der Waals surface area contributed by atoms with E-state index in [1.165, 1.54) is 18.5 Å². The molecule has 1 amide bonds. The maximum Gasteiger partial charge on any atom is 0.410 e. The molecule has 2 N–H and O–H groups in total. The minimum absolute atomic E-state index is 0.0649. The van der Waals surface area contributed by atoms with E-state index in [1.807, 2.05) is 27.7 Å². The van der Waals surface area contributed by atoms with Crippen LogP contribution in [0.2, 0.25) is 0 Å². The molecule has 0 radical (unpaired) electrons. The summed E-state index contributed by atoms with van der Waals surface area (Å²) in [7, 11) is 0. The SMILES string of the molecule is C[C@@H]1C[C@@H](Oc2cncc(Nc3cc(OC(F)F)n[nH]3)n2)CCCN1C(=O)OC(C)(C)C. The fraction of sp³-hybridized carbons (Fsp3) is 0.600. The first-order valence-electron chi connectivity index (χ1n) is 10.3. The van der Waals surface area contributed by atoms with Gasteiger partial charge in [0.15, 0.2) is 5.82 Å². The number of aromatic nitrogens is 4. The monoisotopic (exact) mass is 454 g/mol. The van der Waals surface area contributed by atoms with Crippen LogP contribution >= 0.6 is 0 Å². The van der Waals surface area contributed by atoms with Crippen molar-refractivity contribution in [2.45, 2.75) is 71.3 Å². The molecule has 1 aliphatic rings. The summed E-state index contributed by atoms with van der Waals surface area (Å²) in [6, 6.07) is 1.21.